The molecule has 0 fully saturated rings. The van der Waals surface area contributed by atoms with Crippen LogP contribution in [0.3, 0.4) is 0 Å². The topological polar surface area (TPSA) is 112 Å². The molecule has 0 unspecified atom stereocenters. The molecule has 4 heterocycles. The van der Waals surface area contributed by atoms with Crippen molar-refractivity contribution in [2.45, 2.75) is 0 Å². The summed E-state index contributed by atoms with van der Waals surface area (Å²) in [6.07, 6.45) is 0. The third kappa shape index (κ3) is 6.20. The van der Waals surface area contributed by atoms with Crippen molar-refractivity contribution in [3.8, 4) is 69.2 Å². The summed E-state index contributed by atoms with van der Waals surface area (Å²) < 4.78 is 6.96. The summed E-state index contributed by atoms with van der Waals surface area (Å²) in [6.45, 7) is 0. The van der Waals surface area contributed by atoms with Crippen molar-refractivity contribution in [2.24, 2.45) is 0 Å². The van der Waals surface area contributed by atoms with E-state index in [2.05, 4.69) is 171 Å². The van der Waals surface area contributed by atoms with E-state index in [1.165, 1.54) is 21.5 Å². The third-order valence-electron chi connectivity index (χ3n) is 13.4. The number of rotatable bonds is 6. The van der Waals surface area contributed by atoms with Crippen LogP contribution in [0.15, 0.2) is 206 Å². The van der Waals surface area contributed by atoms with E-state index in [9.17, 15) is 15.8 Å². The fourth-order valence-electron chi connectivity index (χ4n) is 10.2. The molecule has 0 amide bonds. The zero-order valence-corrected chi connectivity index (χ0v) is 36.7. The molecule has 4 aromatic heterocycles. The molecular weight excluding hydrogens is 845 g/mol. The van der Waals surface area contributed by atoms with Gasteiger partial charge in [-0.25, -0.2) is 9.97 Å². The highest BCUT2D eigenvalue weighted by molar-refractivity contribution is 6.14. The first-order valence-electron chi connectivity index (χ1n) is 22.6. The molecule has 13 rings (SSSR count). The molecule has 0 aliphatic carbocycles. The monoisotopic (exact) mass is 878 g/mol. The first kappa shape index (κ1) is 39.3. The second kappa shape index (κ2) is 15.5. The Kier molecular flexibility index (Phi) is 8.85. The largest absolute Gasteiger partial charge is 0.309 e. The van der Waals surface area contributed by atoms with Gasteiger partial charge in [0, 0.05) is 66.1 Å². The van der Waals surface area contributed by atoms with Gasteiger partial charge in [-0.2, -0.15) is 15.8 Å². The van der Waals surface area contributed by atoms with Crippen LogP contribution in [0.4, 0.5) is 0 Å². The average Bonchev–Trinajstić information content (AvgIpc) is 4.06. The minimum absolute atomic E-state index is 0.446. The fourth-order valence-corrected chi connectivity index (χ4v) is 10.2. The molecule has 318 valence electrons. The highest BCUT2D eigenvalue weighted by Gasteiger charge is 2.21. The molecule has 0 bridgehead atoms. The molecule has 0 aliphatic heterocycles. The van der Waals surface area contributed by atoms with Gasteiger partial charge in [0.15, 0.2) is 5.82 Å². The molecule has 0 spiro atoms. The number of benzene rings is 9. The van der Waals surface area contributed by atoms with Gasteiger partial charge in [0.1, 0.15) is 0 Å². The summed E-state index contributed by atoms with van der Waals surface area (Å²) in [7, 11) is 0. The predicted octanol–water partition coefficient (Wildman–Crippen LogP) is 14.4. The number of nitrogens with zero attached hydrogens (tertiary/aromatic N) is 8. The lowest BCUT2D eigenvalue weighted by Gasteiger charge is -2.14. The van der Waals surface area contributed by atoms with Crippen LogP contribution >= 0.6 is 0 Å². The number of aromatic nitrogens is 5. The van der Waals surface area contributed by atoms with Crippen LogP contribution in [0.2, 0.25) is 0 Å². The first-order valence-corrected chi connectivity index (χ1v) is 22.6. The van der Waals surface area contributed by atoms with E-state index < -0.39 is 0 Å². The van der Waals surface area contributed by atoms with Crippen LogP contribution in [0.1, 0.15) is 16.7 Å². The smallest absolute Gasteiger partial charge is 0.160 e. The molecule has 69 heavy (non-hydrogen) atoms. The maximum atomic E-state index is 11.0. The Balaban J connectivity index is 1.03. The minimum atomic E-state index is 0.446. The highest BCUT2D eigenvalue weighted by atomic mass is 15.0. The quantitative estimate of drug-likeness (QED) is 0.165. The van der Waals surface area contributed by atoms with Gasteiger partial charge < -0.3 is 13.7 Å². The maximum Gasteiger partial charge on any atom is 0.160 e. The molecule has 13 aromatic rings. The standard InChI is InChI=1S/C61H34N8/c62-35-38-17-21-40(22-18-38)53-34-54(66-61(65-53)41-23-19-39(36-63)20-24-41)46-28-25-43(31-42(46)37-64)67-59-29-26-44(68-55-13-5-1-9-47(55)48-10-2-6-14-56(48)68)32-51(59)52-33-45(27-30-60(52)67)69-57-15-7-3-11-49(57)50-12-4-8-16-58(50)69/h1-34H. The van der Waals surface area contributed by atoms with Crippen molar-refractivity contribution in [2.75, 3.05) is 0 Å². The molecule has 0 atom stereocenters. The fraction of sp³-hybridized carbons (Fsp3) is 0. The zero-order chi connectivity index (χ0) is 46.2. The Hall–Kier alpha value is -10.1. The SMILES string of the molecule is N#Cc1ccc(-c2cc(-c3ccc(-n4c5ccc(-n6c7ccccc7c7ccccc76)cc5c5cc(-n6c7ccccc7c7ccccc76)ccc54)cc3C#N)nc(-c3ccc(C#N)cc3)n2)cc1. The first-order chi connectivity index (χ1) is 34.1. The van der Waals surface area contributed by atoms with E-state index in [0.29, 0.717) is 39.5 Å². The molecule has 0 saturated heterocycles. The highest BCUT2D eigenvalue weighted by Crippen LogP contribution is 2.40. The van der Waals surface area contributed by atoms with Gasteiger partial charge in [-0.05, 0) is 121 Å². The van der Waals surface area contributed by atoms with Gasteiger partial charge in [0.05, 0.1) is 79.4 Å². The summed E-state index contributed by atoms with van der Waals surface area (Å²) >= 11 is 0. The lowest BCUT2D eigenvalue weighted by atomic mass is 10.0. The molecule has 0 N–H and O–H groups in total. The summed E-state index contributed by atoms with van der Waals surface area (Å²) in [5, 5.41) is 36.9. The third-order valence-corrected chi connectivity index (χ3v) is 13.4. The van der Waals surface area contributed by atoms with Gasteiger partial charge >= 0.3 is 0 Å². The Morgan fingerprint density at radius 3 is 1.16 bits per heavy atom. The van der Waals surface area contributed by atoms with Gasteiger partial charge in [-0.3, -0.25) is 0 Å². The van der Waals surface area contributed by atoms with E-state index in [4.69, 9.17) is 9.97 Å². The van der Waals surface area contributed by atoms with Crippen LogP contribution < -0.4 is 0 Å². The predicted molar refractivity (Wildman–Crippen MR) is 276 cm³/mol. The second-order valence-electron chi connectivity index (χ2n) is 17.2. The number of para-hydroxylation sites is 4. The van der Waals surface area contributed by atoms with Crippen molar-refractivity contribution < 1.29 is 0 Å². The van der Waals surface area contributed by atoms with E-state index >= 15 is 0 Å². The van der Waals surface area contributed by atoms with Crippen molar-refractivity contribution >= 4 is 65.4 Å². The number of nitriles is 3. The molecule has 8 heteroatoms. The van der Waals surface area contributed by atoms with Gasteiger partial charge in [0.2, 0.25) is 0 Å². The zero-order valence-electron chi connectivity index (χ0n) is 36.7. The minimum Gasteiger partial charge on any atom is -0.309 e. The summed E-state index contributed by atoms with van der Waals surface area (Å²) in [5.74, 6) is 0.449. The average molecular weight is 879 g/mol. The Morgan fingerprint density at radius 2 is 0.710 bits per heavy atom. The van der Waals surface area contributed by atoms with Crippen molar-refractivity contribution in [3.05, 3.63) is 223 Å². The normalized spacial score (nSPS) is 11.4. The van der Waals surface area contributed by atoms with Crippen LogP contribution in [0.25, 0.3) is 116 Å². The summed E-state index contributed by atoms with van der Waals surface area (Å²) in [5.41, 5.74) is 14.4. The van der Waals surface area contributed by atoms with Crippen LogP contribution in [-0.4, -0.2) is 23.7 Å². The summed E-state index contributed by atoms with van der Waals surface area (Å²) in [4.78, 5) is 9.98. The van der Waals surface area contributed by atoms with Gasteiger partial charge in [0.25, 0.3) is 0 Å². The second-order valence-corrected chi connectivity index (χ2v) is 17.2. The Morgan fingerprint density at radius 1 is 0.319 bits per heavy atom. The lowest BCUT2D eigenvalue weighted by Crippen LogP contribution is -2.00. The molecule has 0 radical (unpaired) electrons. The molecule has 8 nitrogen and oxygen atoms in total. The van der Waals surface area contributed by atoms with Crippen LogP contribution in [0, 0.1) is 34.0 Å². The van der Waals surface area contributed by atoms with Crippen molar-refractivity contribution in [1.82, 2.24) is 23.7 Å². The summed E-state index contributed by atoms with van der Waals surface area (Å²) in [6, 6.07) is 76.8. The lowest BCUT2D eigenvalue weighted by molar-refractivity contribution is 1.15. The van der Waals surface area contributed by atoms with E-state index in [0.717, 1.165) is 72.1 Å². The van der Waals surface area contributed by atoms with Crippen LogP contribution in [-0.2, 0) is 0 Å². The number of fused-ring (bicyclic) bond motifs is 9. The van der Waals surface area contributed by atoms with Crippen LogP contribution in [0.5, 0.6) is 0 Å². The van der Waals surface area contributed by atoms with Gasteiger partial charge in [-0.15, -0.1) is 0 Å². The number of hydrogen-bond acceptors (Lipinski definition) is 5. The molecule has 0 aliphatic rings. The van der Waals surface area contributed by atoms with Crippen molar-refractivity contribution in [3.63, 3.8) is 0 Å². The van der Waals surface area contributed by atoms with Gasteiger partial charge in [-0.1, -0.05) is 84.9 Å². The Bertz CT molecular complexity index is 4040. The van der Waals surface area contributed by atoms with E-state index in [-0.39, 0.29) is 0 Å². The molecular formula is C61H34N8. The Labute approximate surface area is 395 Å². The van der Waals surface area contributed by atoms with Crippen molar-refractivity contribution in [1.29, 1.82) is 15.8 Å². The van der Waals surface area contributed by atoms with E-state index in [1.54, 1.807) is 24.3 Å². The van der Waals surface area contributed by atoms with E-state index in [1.807, 2.05) is 42.5 Å². The number of hydrogen-bond donors (Lipinski definition) is 0. The molecule has 0 saturated carbocycles. The molecule has 9 aromatic carbocycles. The maximum absolute atomic E-state index is 11.0.